The molecule has 0 fully saturated rings. The van der Waals surface area contributed by atoms with Crippen molar-refractivity contribution in [3.63, 3.8) is 0 Å². The lowest BCUT2D eigenvalue weighted by Gasteiger charge is -2.34. The molecule has 1 aliphatic rings. The molecule has 8 nitrogen and oxygen atoms in total. The largest absolute Gasteiger partial charge is 0.465 e. The Kier molecular flexibility index (Phi) is 4.81. The minimum absolute atomic E-state index is 0.139. The van der Waals surface area contributed by atoms with E-state index < -0.39 is 29.6 Å². The molecule has 2 aromatic rings. The quantitative estimate of drug-likeness (QED) is 0.805. The first kappa shape index (κ1) is 19.4. The zero-order valence-corrected chi connectivity index (χ0v) is 15.6. The monoisotopic (exact) mass is 386 g/mol. The summed E-state index contributed by atoms with van der Waals surface area (Å²) >= 11 is 0. The highest BCUT2D eigenvalue weighted by atomic mass is 19.1. The summed E-state index contributed by atoms with van der Waals surface area (Å²) in [6, 6.07) is 4.65. The number of nitrogens with zero attached hydrogens (tertiary/aromatic N) is 4. The molecule has 0 spiro atoms. The van der Waals surface area contributed by atoms with Crippen LogP contribution >= 0.6 is 0 Å². The van der Waals surface area contributed by atoms with Crippen molar-refractivity contribution in [3.8, 4) is 6.07 Å². The van der Waals surface area contributed by atoms with Crippen LogP contribution in [-0.2, 0) is 11.2 Å². The Balaban J connectivity index is 2.14. The average Bonchev–Trinajstić information content (AvgIpc) is 3.03. The van der Waals surface area contributed by atoms with Crippen molar-refractivity contribution in [3.05, 3.63) is 52.9 Å². The van der Waals surface area contributed by atoms with Gasteiger partial charge >= 0.3 is 12.2 Å². The normalized spacial score (nSPS) is 16.2. The second-order valence-corrected chi connectivity index (χ2v) is 7.41. The lowest BCUT2D eigenvalue weighted by Crippen LogP contribution is -2.41. The van der Waals surface area contributed by atoms with Crippen LogP contribution in [0.2, 0.25) is 0 Å². The van der Waals surface area contributed by atoms with Gasteiger partial charge in [0.25, 0.3) is 0 Å². The van der Waals surface area contributed by atoms with E-state index in [0.29, 0.717) is 23.4 Å². The molecule has 9 heteroatoms. The van der Waals surface area contributed by atoms with E-state index in [2.05, 4.69) is 4.98 Å². The second kappa shape index (κ2) is 6.96. The van der Waals surface area contributed by atoms with Crippen molar-refractivity contribution in [2.45, 2.75) is 38.8 Å². The molecule has 28 heavy (non-hydrogen) atoms. The molecule has 1 aromatic heterocycles. The Bertz CT molecular complexity index is 987. The fraction of sp³-hybridized carbons (Fsp3) is 0.368. The topological polar surface area (TPSA) is 108 Å². The van der Waals surface area contributed by atoms with Crippen molar-refractivity contribution in [1.29, 1.82) is 5.26 Å². The van der Waals surface area contributed by atoms with Gasteiger partial charge in [-0.2, -0.15) is 5.26 Å². The molecule has 0 saturated carbocycles. The minimum Gasteiger partial charge on any atom is -0.465 e. The lowest BCUT2D eigenvalue weighted by atomic mass is 9.95. The van der Waals surface area contributed by atoms with Crippen LogP contribution in [0.25, 0.3) is 0 Å². The number of carbonyl (C=O) groups is 2. The van der Waals surface area contributed by atoms with Crippen molar-refractivity contribution in [2.24, 2.45) is 0 Å². The van der Waals surface area contributed by atoms with Crippen molar-refractivity contribution < 1.29 is 23.8 Å². The van der Waals surface area contributed by atoms with Gasteiger partial charge in [0.2, 0.25) is 0 Å². The number of carboxylic acid groups (broad SMARTS) is 1. The van der Waals surface area contributed by atoms with Gasteiger partial charge in [-0.15, -0.1) is 0 Å². The molecule has 0 saturated heterocycles. The van der Waals surface area contributed by atoms with E-state index in [9.17, 15) is 19.1 Å². The van der Waals surface area contributed by atoms with Crippen molar-refractivity contribution in [1.82, 2.24) is 14.5 Å². The zero-order valence-electron chi connectivity index (χ0n) is 15.6. The molecule has 1 aliphatic heterocycles. The second-order valence-electron chi connectivity index (χ2n) is 7.41. The predicted molar refractivity (Wildman–Crippen MR) is 95.3 cm³/mol. The van der Waals surface area contributed by atoms with E-state index in [1.807, 2.05) is 0 Å². The summed E-state index contributed by atoms with van der Waals surface area (Å²) in [5.41, 5.74) is 0.239. The molecule has 1 N–H and O–H groups in total. The smallest absolute Gasteiger partial charge is 0.420 e. The van der Waals surface area contributed by atoms with Crippen LogP contribution in [-0.4, -0.2) is 43.9 Å². The molecule has 1 aromatic carbocycles. The summed E-state index contributed by atoms with van der Waals surface area (Å²) in [6.07, 6.45) is -0.311. The molecule has 2 heterocycles. The number of hydrogen-bond donors (Lipinski definition) is 1. The third-order valence-electron chi connectivity index (χ3n) is 4.31. The molecule has 0 radical (unpaired) electrons. The summed E-state index contributed by atoms with van der Waals surface area (Å²) in [5.74, 6) is -0.763. The molecular formula is C19H19FN4O4. The molecule has 1 atom stereocenters. The average molecular weight is 386 g/mol. The number of hydrogen-bond acceptors (Lipinski definition) is 5. The highest BCUT2D eigenvalue weighted by molar-refractivity contribution is 5.74. The summed E-state index contributed by atoms with van der Waals surface area (Å²) in [6.45, 7) is 5.28. The van der Waals surface area contributed by atoms with E-state index >= 15 is 0 Å². The van der Waals surface area contributed by atoms with Crippen molar-refractivity contribution in [2.75, 3.05) is 6.54 Å². The standard InChI is InChI=1S/C19H19FN4O4/c1-19(2,3)28-18(27)24-10-22-14-6-7-23(17(25)26)15(16(14)24)11-4-5-12(9-21)13(20)8-11/h4-5,8,10,15H,6-7H2,1-3H3,(H,25,26). The van der Waals surface area contributed by atoms with Gasteiger partial charge in [0.15, 0.2) is 0 Å². The molecule has 1 amide bonds. The number of nitriles is 1. The van der Waals surface area contributed by atoms with Crippen molar-refractivity contribution >= 4 is 12.2 Å². The zero-order chi connectivity index (χ0) is 20.6. The van der Waals surface area contributed by atoms with E-state index in [0.717, 1.165) is 15.5 Å². The van der Waals surface area contributed by atoms with Crippen LogP contribution in [0.5, 0.6) is 0 Å². The van der Waals surface area contributed by atoms with Gasteiger partial charge < -0.3 is 9.84 Å². The Morgan fingerprint density at radius 1 is 1.39 bits per heavy atom. The number of rotatable bonds is 1. The van der Waals surface area contributed by atoms with E-state index in [1.165, 1.54) is 18.5 Å². The fourth-order valence-electron chi connectivity index (χ4n) is 3.17. The maximum absolute atomic E-state index is 14.2. The Morgan fingerprint density at radius 2 is 2.11 bits per heavy atom. The number of benzene rings is 1. The predicted octanol–water partition coefficient (Wildman–Crippen LogP) is 3.30. The molecular weight excluding hydrogens is 367 g/mol. The molecule has 0 aliphatic carbocycles. The van der Waals surface area contributed by atoms with Gasteiger partial charge in [0.05, 0.1) is 17.0 Å². The first-order chi connectivity index (χ1) is 13.1. The Morgan fingerprint density at radius 3 is 2.68 bits per heavy atom. The fourth-order valence-corrected chi connectivity index (χ4v) is 3.17. The third-order valence-corrected chi connectivity index (χ3v) is 4.31. The third kappa shape index (κ3) is 3.53. The molecule has 1 unspecified atom stereocenters. The Labute approximate surface area is 160 Å². The maximum Gasteiger partial charge on any atom is 0.420 e. The lowest BCUT2D eigenvalue weighted by molar-refractivity contribution is 0.0520. The number of halogens is 1. The number of carbonyl (C=O) groups excluding carboxylic acids is 1. The van der Waals surface area contributed by atoms with E-state index in [1.54, 1.807) is 26.8 Å². The highest BCUT2D eigenvalue weighted by Crippen LogP contribution is 2.35. The minimum atomic E-state index is -1.21. The van der Waals surface area contributed by atoms with Gasteiger partial charge in [-0.05, 0) is 38.5 Å². The molecule has 3 rings (SSSR count). The molecule has 146 valence electrons. The van der Waals surface area contributed by atoms with Crippen LogP contribution in [0.1, 0.15) is 49.3 Å². The number of ether oxygens (including phenoxy) is 1. The molecule has 0 bridgehead atoms. The first-order valence-corrected chi connectivity index (χ1v) is 8.61. The summed E-state index contributed by atoms with van der Waals surface area (Å²) in [5, 5.41) is 18.6. The number of amides is 1. The Hall–Kier alpha value is -3.41. The SMILES string of the molecule is CC(C)(C)OC(=O)n1cnc2c1C(c1ccc(C#N)c(F)c1)N(C(=O)O)CC2. The first-order valence-electron chi connectivity index (χ1n) is 8.61. The van der Waals surface area contributed by atoms with Gasteiger partial charge in [0, 0.05) is 13.0 Å². The number of imidazole rings is 1. The van der Waals surface area contributed by atoms with Gasteiger partial charge in [0.1, 0.15) is 29.9 Å². The van der Waals surface area contributed by atoms with Crippen LogP contribution in [0.3, 0.4) is 0 Å². The summed E-state index contributed by atoms with van der Waals surface area (Å²) < 4.78 is 20.8. The van der Waals surface area contributed by atoms with Crippen LogP contribution in [0.15, 0.2) is 24.5 Å². The van der Waals surface area contributed by atoms with E-state index in [-0.39, 0.29) is 12.1 Å². The summed E-state index contributed by atoms with van der Waals surface area (Å²) in [7, 11) is 0. The van der Waals surface area contributed by atoms with Gasteiger partial charge in [-0.1, -0.05) is 6.07 Å². The summed E-state index contributed by atoms with van der Waals surface area (Å²) in [4.78, 5) is 29.8. The number of aromatic nitrogens is 2. The number of fused-ring (bicyclic) bond motifs is 1. The van der Waals surface area contributed by atoms with Gasteiger partial charge in [-0.25, -0.2) is 23.5 Å². The highest BCUT2D eigenvalue weighted by Gasteiger charge is 2.37. The van der Waals surface area contributed by atoms with Gasteiger partial charge in [-0.3, -0.25) is 4.90 Å². The van der Waals surface area contributed by atoms with Crippen LogP contribution in [0, 0.1) is 17.1 Å². The van der Waals surface area contributed by atoms with Crippen LogP contribution < -0.4 is 0 Å². The van der Waals surface area contributed by atoms with E-state index in [4.69, 9.17) is 10.00 Å². The van der Waals surface area contributed by atoms with Crippen LogP contribution in [0.4, 0.5) is 14.0 Å². The maximum atomic E-state index is 14.2.